The Labute approximate surface area is 57.9 Å². The largest absolute Gasteiger partial charge is 0.396 e. The normalized spacial score (nSPS) is 24.8. The van der Waals surface area contributed by atoms with Crippen molar-refractivity contribution < 1.29 is 5.11 Å². The van der Waals surface area contributed by atoms with Gasteiger partial charge in [-0.3, -0.25) is 4.99 Å². The zero-order valence-electron chi connectivity index (χ0n) is 4.90. The molecule has 0 radical (unpaired) electrons. The monoisotopic (exact) mass is 144 g/mol. The molecule has 1 atom stereocenters. The second-order valence-corrected chi connectivity index (χ2v) is 2.65. The summed E-state index contributed by atoms with van der Waals surface area (Å²) in [7, 11) is 0. The number of hydrogen-bond donors (Lipinski definition) is 1. The average molecular weight is 144 g/mol. The predicted octanol–water partition coefficient (Wildman–Crippen LogP) is 0.498. The van der Waals surface area contributed by atoms with Crippen molar-refractivity contribution in [2.45, 2.75) is 11.8 Å². The van der Waals surface area contributed by atoms with E-state index in [1.54, 1.807) is 5.55 Å². The minimum absolute atomic E-state index is 0.187. The second-order valence-electron chi connectivity index (χ2n) is 1.62. The maximum absolute atomic E-state index is 8.49. The highest BCUT2D eigenvalue weighted by molar-refractivity contribution is 8.12. The van der Waals surface area contributed by atoms with Crippen molar-refractivity contribution in [3.8, 4) is 0 Å². The number of aliphatic hydroxyl groups excluding tert-OH is 1. The van der Waals surface area contributed by atoms with Gasteiger partial charge < -0.3 is 5.11 Å². The van der Waals surface area contributed by atoms with E-state index in [1.807, 2.05) is 0 Å². The topological polar surface area (TPSA) is 45.0 Å². The highest BCUT2D eigenvalue weighted by Gasteiger charge is 2.04. The van der Waals surface area contributed by atoms with Crippen LogP contribution < -0.4 is 0 Å². The van der Waals surface area contributed by atoms with Crippen LogP contribution in [0.4, 0.5) is 0 Å². The van der Waals surface area contributed by atoms with E-state index in [2.05, 4.69) is 9.98 Å². The first-order valence-electron chi connectivity index (χ1n) is 2.73. The van der Waals surface area contributed by atoms with Crippen molar-refractivity contribution in [2.24, 2.45) is 9.98 Å². The molecule has 0 saturated heterocycles. The van der Waals surface area contributed by atoms with Gasteiger partial charge in [0.25, 0.3) is 0 Å². The molecule has 0 aromatic rings. The van der Waals surface area contributed by atoms with E-state index < -0.39 is 0 Å². The molecule has 0 bridgehead atoms. The van der Waals surface area contributed by atoms with Gasteiger partial charge in [0, 0.05) is 13.0 Å². The van der Waals surface area contributed by atoms with Crippen LogP contribution in [-0.2, 0) is 0 Å². The van der Waals surface area contributed by atoms with Crippen molar-refractivity contribution in [2.75, 3.05) is 6.61 Å². The minimum atomic E-state index is 0.187. The fourth-order valence-corrected chi connectivity index (χ4v) is 1.17. The molecule has 1 aliphatic heterocycles. The Morgan fingerprint density at radius 1 is 1.67 bits per heavy atom. The SMILES string of the molecule is OCCC1N=CN=CS1. The highest BCUT2D eigenvalue weighted by atomic mass is 32.2. The average Bonchev–Trinajstić information content (AvgIpc) is 1.91. The van der Waals surface area contributed by atoms with Crippen LogP contribution in [0.2, 0.25) is 0 Å². The summed E-state index contributed by atoms with van der Waals surface area (Å²) in [4.78, 5) is 7.77. The first-order valence-corrected chi connectivity index (χ1v) is 3.67. The van der Waals surface area contributed by atoms with Gasteiger partial charge in [-0.05, 0) is 0 Å². The van der Waals surface area contributed by atoms with Crippen LogP contribution in [0.5, 0.6) is 0 Å². The van der Waals surface area contributed by atoms with Gasteiger partial charge >= 0.3 is 0 Å². The van der Waals surface area contributed by atoms with E-state index in [9.17, 15) is 0 Å². The molecule has 0 aromatic carbocycles. The summed E-state index contributed by atoms with van der Waals surface area (Å²) in [5.41, 5.74) is 1.74. The van der Waals surface area contributed by atoms with Gasteiger partial charge in [0.1, 0.15) is 11.7 Å². The first kappa shape index (κ1) is 6.77. The summed E-state index contributed by atoms with van der Waals surface area (Å²) < 4.78 is 0. The number of rotatable bonds is 2. The molecule has 4 heteroatoms. The fourth-order valence-electron chi connectivity index (χ4n) is 0.534. The van der Waals surface area contributed by atoms with Crippen LogP contribution >= 0.6 is 11.8 Å². The van der Waals surface area contributed by atoms with Crippen LogP contribution in [0.15, 0.2) is 9.98 Å². The lowest BCUT2D eigenvalue weighted by Crippen LogP contribution is -2.04. The summed E-state index contributed by atoms with van der Waals surface area (Å²) in [6.45, 7) is 0.197. The van der Waals surface area contributed by atoms with Crippen LogP contribution in [0.1, 0.15) is 6.42 Å². The third-order valence-corrected chi connectivity index (χ3v) is 1.87. The quantitative estimate of drug-likeness (QED) is 0.613. The van der Waals surface area contributed by atoms with Crippen molar-refractivity contribution in [3.63, 3.8) is 0 Å². The maximum atomic E-state index is 8.49. The Balaban J connectivity index is 2.28. The summed E-state index contributed by atoms with van der Waals surface area (Å²) >= 11 is 1.54. The Morgan fingerprint density at radius 3 is 3.11 bits per heavy atom. The lowest BCUT2D eigenvalue weighted by molar-refractivity contribution is 0.288. The molecule has 1 N–H and O–H groups in total. The summed E-state index contributed by atoms with van der Waals surface area (Å²) in [5, 5.41) is 8.67. The molecular weight excluding hydrogens is 136 g/mol. The molecular formula is C5H8N2OS. The fraction of sp³-hybridized carbons (Fsp3) is 0.600. The minimum Gasteiger partial charge on any atom is -0.396 e. The third kappa shape index (κ3) is 2.15. The summed E-state index contributed by atoms with van der Waals surface area (Å²) in [6.07, 6.45) is 2.24. The Bertz CT molecular complexity index is 135. The van der Waals surface area contributed by atoms with E-state index in [0.717, 1.165) is 0 Å². The van der Waals surface area contributed by atoms with E-state index in [4.69, 9.17) is 5.11 Å². The van der Waals surface area contributed by atoms with Crippen molar-refractivity contribution in [1.82, 2.24) is 0 Å². The lowest BCUT2D eigenvalue weighted by Gasteiger charge is -2.07. The smallest absolute Gasteiger partial charge is 0.111 e. The zero-order chi connectivity index (χ0) is 6.53. The van der Waals surface area contributed by atoms with Crippen molar-refractivity contribution >= 4 is 23.6 Å². The van der Waals surface area contributed by atoms with Crippen LogP contribution in [-0.4, -0.2) is 29.0 Å². The number of nitrogens with zero attached hydrogens (tertiary/aromatic N) is 2. The van der Waals surface area contributed by atoms with Gasteiger partial charge in [0.15, 0.2) is 0 Å². The molecule has 0 aliphatic carbocycles. The molecule has 0 amide bonds. The van der Waals surface area contributed by atoms with Crippen molar-refractivity contribution in [3.05, 3.63) is 0 Å². The van der Waals surface area contributed by atoms with Crippen molar-refractivity contribution in [1.29, 1.82) is 0 Å². The van der Waals surface area contributed by atoms with Crippen LogP contribution in [0, 0.1) is 0 Å². The summed E-state index contributed by atoms with van der Waals surface area (Å²) in [5.74, 6) is 0. The predicted molar refractivity (Wildman–Crippen MR) is 40.1 cm³/mol. The molecule has 1 rings (SSSR count). The standard InChI is InChI=1S/C5H8N2OS/c8-2-1-5-7-3-6-4-9-5/h3-5,8H,1-2H2. The van der Waals surface area contributed by atoms with E-state index in [0.29, 0.717) is 6.42 Å². The number of thioether (sulfide) groups is 1. The molecule has 3 nitrogen and oxygen atoms in total. The number of aliphatic hydroxyl groups is 1. The molecule has 0 aromatic heterocycles. The van der Waals surface area contributed by atoms with Gasteiger partial charge in [-0.15, -0.1) is 0 Å². The number of hydrogen-bond acceptors (Lipinski definition) is 4. The lowest BCUT2D eigenvalue weighted by atomic mass is 10.5. The molecule has 0 spiro atoms. The van der Waals surface area contributed by atoms with E-state index in [-0.39, 0.29) is 12.0 Å². The van der Waals surface area contributed by atoms with Crippen LogP contribution in [0.25, 0.3) is 0 Å². The first-order chi connectivity index (χ1) is 4.43. The Hall–Kier alpha value is -0.350. The van der Waals surface area contributed by atoms with E-state index in [1.165, 1.54) is 18.1 Å². The number of aliphatic imine (C=N–C) groups is 2. The second kappa shape index (κ2) is 3.63. The molecule has 1 heterocycles. The molecule has 0 saturated carbocycles. The van der Waals surface area contributed by atoms with Gasteiger partial charge in [0.2, 0.25) is 0 Å². The van der Waals surface area contributed by atoms with Gasteiger partial charge in [0.05, 0.1) is 5.55 Å². The zero-order valence-corrected chi connectivity index (χ0v) is 5.71. The maximum Gasteiger partial charge on any atom is 0.111 e. The highest BCUT2D eigenvalue weighted by Crippen LogP contribution is 2.14. The molecule has 0 fully saturated rings. The molecule has 1 unspecified atom stereocenters. The summed E-state index contributed by atoms with van der Waals surface area (Å²) in [6, 6.07) is 0. The van der Waals surface area contributed by atoms with Gasteiger partial charge in [-0.1, -0.05) is 11.8 Å². The van der Waals surface area contributed by atoms with Crippen LogP contribution in [0.3, 0.4) is 0 Å². The molecule has 50 valence electrons. The molecule has 9 heavy (non-hydrogen) atoms. The van der Waals surface area contributed by atoms with Gasteiger partial charge in [-0.2, -0.15) is 0 Å². The Kier molecular flexibility index (Phi) is 2.73. The van der Waals surface area contributed by atoms with E-state index >= 15 is 0 Å². The Morgan fingerprint density at radius 2 is 2.56 bits per heavy atom. The van der Waals surface area contributed by atoms with Gasteiger partial charge in [-0.25, -0.2) is 4.99 Å². The molecule has 1 aliphatic rings. The third-order valence-electron chi connectivity index (χ3n) is 0.954.